The molecule has 3 nitrogen and oxygen atoms in total. The molecule has 1 aromatic rings. The van der Waals surface area contributed by atoms with Gasteiger partial charge in [-0.25, -0.2) is 13.6 Å². The van der Waals surface area contributed by atoms with Crippen molar-refractivity contribution in [1.29, 1.82) is 0 Å². The van der Waals surface area contributed by atoms with E-state index in [9.17, 15) is 21.6 Å². The summed E-state index contributed by atoms with van der Waals surface area (Å²) in [5.41, 5.74) is 0.497. The van der Waals surface area contributed by atoms with Gasteiger partial charge in [0.25, 0.3) is 0 Å². The third-order valence-electron chi connectivity index (χ3n) is 2.55. The summed E-state index contributed by atoms with van der Waals surface area (Å²) in [6.45, 7) is 3.97. The highest BCUT2D eigenvalue weighted by molar-refractivity contribution is 7.89. The van der Waals surface area contributed by atoms with Crippen LogP contribution in [0.3, 0.4) is 0 Å². The molecule has 1 atom stereocenters. The first kappa shape index (κ1) is 16.0. The second-order valence-electron chi connectivity index (χ2n) is 4.85. The number of primary sulfonamides is 1. The molecule has 0 amide bonds. The molecule has 1 unspecified atom stereocenters. The van der Waals surface area contributed by atoms with E-state index in [0.717, 1.165) is 5.56 Å². The molecule has 0 spiro atoms. The van der Waals surface area contributed by atoms with E-state index < -0.39 is 21.4 Å². The monoisotopic (exact) mass is 295 g/mol. The lowest BCUT2D eigenvalue weighted by molar-refractivity contribution is -0.131. The SMILES string of the molecule is CC(C)Cc1ccc(C(C(F)(F)F)S(N)(=O)=O)cc1. The van der Waals surface area contributed by atoms with Crippen LogP contribution in [-0.2, 0) is 16.4 Å². The fraction of sp³-hybridized carbons (Fsp3) is 0.500. The van der Waals surface area contributed by atoms with Crippen LogP contribution in [0.4, 0.5) is 13.2 Å². The predicted octanol–water partition coefficient (Wildman–Crippen LogP) is 2.78. The van der Waals surface area contributed by atoms with Gasteiger partial charge in [0, 0.05) is 0 Å². The van der Waals surface area contributed by atoms with Gasteiger partial charge >= 0.3 is 6.18 Å². The van der Waals surface area contributed by atoms with Crippen molar-refractivity contribution >= 4 is 10.0 Å². The second-order valence-corrected chi connectivity index (χ2v) is 6.50. The normalized spacial score (nSPS) is 14.7. The molecule has 0 bridgehead atoms. The van der Waals surface area contributed by atoms with Gasteiger partial charge in [-0.3, -0.25) is 0 Å². The first-order chi connectivity index (χ1) is 8.51. The fourth-order valence-corrected chi connectivity index (χ4v) is 2.77. The van der Waals surface area contributed by atoms with Crippen LogP contribution in [0.5, 0.6) is 0 Å². The average molecular weight is 295 g/mol. The molecule has 0 radical (unpaired) electrons. The Labute approximate surface area is 110 Å². The van der Waals surface area contributed by atoms with Crippen LogP contribution in [0.25, 0.3) is 0 Å². The highest BCUT2D eigenvalue weighted by Crippen LogP contribution is 2.37. The van der Waals surface area contributed by atoms with E-state index >= 15 is 0 Å². The number of alkyl halides is 3. The Balaban J connectivity index is 3.13. The third-order valence-corrected chi connectivity index (χ3v) is 3.75. The van der Waals surface area contributed by atoms with E-state index in [2.05, 4.69) is 5.14 Å². The minimum Gasteiger partial charge on any atom is -0.228 e. The standard InChI is InChI=1S/C12H16F3NO2S/c1-8(2)7-9-3-5-10(6-4-9)11(12(13,14)15)19(16,17)18/h3-6,8,11H,7H2,1-2H3,(H2,16,17,18). The quantitative estimate of drug-likeness (QED) is 0.928. The van der Waals surface area contributed by atoms with E-state index in [0.29, 0.717) is 12.3 Å². The van der Waals surface area contributed by atoms with Gasteiger partial charge in [-0.15, -0.1) is 0 Å². The van der Waals surface area contributed by atoms with Crippen molar-refractivity contribution in [1.82, 2.24) is 0 Å². The van der Waals surface area contributed by atoms with Gasteiger partial charge in [0.2, 0.25) is 10.0 Å². The number of hydrogen-bond donors (Lipinski definition) is 1. The van der Waals surface area contributed by atoms with Gasteiger partial charge in [-0.05, 0) is 23.5 Å². The molecule has 7 heteroatoms. The van der Waals surface area contributed by atoms with Gasteiger partial charge in [0.1, 0.15) is 0 Å². The molecule has 1 rings (SSSR count). The fourth-order valence-electron chi connectivity index (χ4n) is 1.86. The van der Waals surface area contributed by atoms with Crippen LogP contribution in [0, 0.1) is 5.92 Å². The Hall–Kier alpha value is -1.08. The summed E-state index contributed by atoms with van der Waals surface area (Å²) in [5, 5.41) is 2.00. The van der Waals surface area contributed by atoms with Crippen molar-refractivity contribution in [2.24, 2.45) is 11.1 Å². The zero-order valence-corrected chi connectivity index (χ0v) is 11.4. The summed E-state index contributed by atoms with van der Waals surface area (Å²) < 4.78 is 60.5. The van der Waals surface area contributed by atoms with Crippen molar-refractivity contribution in [3.8, 4) is 0 Å². The van der Waals surface area contributed by atoms with Gasteiger partial charge in [-0.1, -0.05) is 38.1 Å². The van der Waals surface area contributed by atoms with E-state index in [1.165, 1.54) is 24.3 Å². The molecule has 19 heavy (non-hydrogen) atoms. The maximum absolute atomic E-state index is 12.8. The summed E-state index contributed by atoms with van der Waals surface area (Å²) in [6, 6.07) is 5.33. The molecule has 0 aliphatic heterocycles. The number of hydrogen-bond acceptors (Lipinski definition) is 2. The minimum absolute atomic E-state index is 0.359. The lowest BCUT2D eigenvalue weighted by atomic mass is 10.0. The zero-order valence-electron chi connectivity index (χ0n) is 10.6. The van der Waals surface area contributed by atoms with Crippen LogP contribution in [0.1, 0.15) is 30.2 Å². The Kier molecular flexibility index (Phi) is 4.63. The summed E-state index contributed by atoms with van der Waals surface area (Å²) >= 11 is 0. The Morgan fingerprint density at radius 2 is 1.63 bits per heavy atom. The van der Waals surface area contributed by atoms with Crippen molar-refractivity contribution in [3.05, 3.63) is 35.4 Å². The second kappa shape index (κ2) is 5.50. The molecular formula is C12H16F3NO2S. The molecule has 108 valence electrons. The maximum atomic E-state index is 12.8. The molecule has 0 fully saturated rings. The summed E-state index contributed by atoms with van der Waals surface area (Å²) in [7, 11) is -4.74. The minimum atomic E-state index is -4.92. The van der Waals surface area contributed by atoms with Crippen LogP contribution in [-0.4, -0.2) is 14.6 Å². The van der Waals surface area contributed by atoms with E-state index in [4.69, 9.17) is 0 Å². The van der Waals surface area contributed by atoms with E-state index in [-0.39, 0.29) is 5.56 Å². The van der Waals surface area contributed by atoms with Crippen molar-refractivity contribution in [2.75, 3.05) is 0 Å². The lowest BCUT2D eigenvalue weighted by Crippen LogP contribution is -2.33. The number of benzene rings is 1. The van der Waals surface area contributed by atoms with Crippen molar-refractivity contribution in [3.63, 3.8) is 0 Å². The number of sulfonamides is 1. The summed E-state index contributed by atoms with van der Waals surface area (Å²) in [5.74, 6) is 0.363. The molecule has 0 aromatic heterocycles. The van der Waals surface area contributed by atoms with Gasteiger partial charge in [0.05, 0.1) is 0 Å². The molecular weight excluding hydrogens is 279 g/mol. The summed E-state index contributed by atoms with van der Waals surface area (Å²) in [6.07, 6.45) is -4.21. The van der Waals surface area contributed by atoms with Crippen LogP contribution < -0.4 is 5.14 Å². The predicted molar refractivity (Wildman–Crippen MR) is 66.9 cm³/mol. The molecule has 1 aromatic carbocycles. The van der Waals surface area contributed by atoms with Gasteiger partial charge in [-0.2, -0.15) is 13.2 Å². The van der Waals surface area contributed by atoms with E-state index in [1.807, 2.05) is 13.8 Å². The van der Waals surface area contributed by atoms with Crippen LogP contribution in [0.2, 0.25) is 0 Å². The highest BCUT2D eigenvalue weighted by atomic mass is 32.2. The maximum Gasteiger partial charge on any atom is 0.410 e. The first-order valence-corrected chi connectivity index (χ1v) is 7.30. The Morgan fingerprint density at radius 3 is 1.95 bits per heavy atom. The molecule has 0 heterocycles. The highest BCUT2D eigenvalue weighted by Gasteiger charge is 2.48. The molecule has 2 N–H and O–H groups in total. The molecule has 0 saturated carbocycles. The average Bonchev–Trinajstić information content (AvgIpc) is 2.15. The van der Waals surface area contributed by atoms with E-state index in [1.54, 1.807) is 0 Å². The van der Waals surface area contributed by atoms with Crippen molar-refractivity contribution in [2.45, 2.75) is 31.7 Å². The lowest BCUT2D eigenvalue weighted by Gasteiger charge is -2.18. The van der Waals surface area contributed by atoms with Crippen LogP contribution >= 0.6 is 0 Å². The van der Waals surface area contributed by atoms with Crippen molar-refractivity contribution < 1.29 is 21.6 Å². The largest absolute Gasteiger partial charge is 0.410 e. The Morgan fingerprint density at radius 1 is 1.16 bits per heavy atom. The van der Waals surface area contributed by atoms with Gasteiger partial charge in [0.15, 0.2) is 5.25 Å². The number of nitrogens with two attached hydrogens (primary N) is 1. The van der Waals surface area contributed by atoms with Gasteiger partial charge < -0.3 is 0 Å². The first-order valence-electron chi connectivity index (χ1n) is 5.69. The number of rotatable bonds is 4. The molecule has 0 saturated heterocycles. The molecule has 0 aliphatic carbocycles. The number of halogens is 3. The Bertz CT molecular complexity index is 521. The zero-order chi connectivity index (χ0) is 14.8. The summed E-state index contributed by atoms with van der Waals surface area (Å²) in [4.78, 5) is 0. The third kappa shape index (κ3) is 4.50. The topological polar surface area (TPSA) is 60.2 Å². The van der Waals surface area contributed by atoms with Crippen LogP contribution in [0.15, 0.2) is 24.3 Å². The molecule has 0 aliphatic rings. The smallest absolute Gasteiger partial charge is 0.228 e.